The monoisotopic (exact) mass is 218 g/mol. The van der Waals surface area contributed by atoms with Gasteiger partial charge in [0.05, 0.1) is 13.3 Å². The van der Waals surface area contributed by atoms with Gasteiger partial charge in [-0.3, -0.25) is 0 Å². The first kappa shape index (κ1) is 9.97. The van der Waals surface area contributed by atoms with E-state index in [0.717, 1.165) is 18.6 Å². The molecular weight excluding hydrogens is 200 g/mol. The molecule has 0 amide bonds. The Labute approximate surface area is 96.2 Å². The van der Waals surface area contributed by atoms with E-state index in [0.29, 0.717) is 6.04 Å². The maximum Gasteiger partial charge on any atom is 0.120 e. The summed E-state index contributed by atoms with van der Waals surface area (Å²) in [5.74, 6) is 0.928. The molecule has 1 fully saturated rings. The number of nitrogens with two attached hydrogens (primary N) is 1. The van der Waals surface area contributed by atoms with Crippen LogP contribution in [0.2, 0.25) is 0 Å². The highest BCUT2D eigenvalue weighted by Crippen LogP contribution is 2.40. The SMILES string of the molecule is COc1ccc2c(c1)N1C(N)CCCC1C2. The van der Waals surface area contributed by atoms with Crippen LogP contribution in [-0.4, -0.2) is 19.3 Å². The van der Waals surface area contributed by atoms with Gasteiger partial charge in [0.2, 0.25) is 0 Å². The zero-order chi connectivity index (χ0) is 11.1. The number of benzene rings is 1. The van der Waals surface area contributed by atoms with Gasteiger partial charge in [0.15, 0.2) is 0 Å². The van der Waals surface area contributed by atoms with Crippen molar-refractivity contribution in [3.8, 4) is 5.75 Å². The lowest BCUT2D eigenvalue weighted by atomic mass is 10.00. The Bertz CT molecular complexity index is 405. The molecule has 0 aromatic heterocycles. The molecule has 1 saturated heterocycles. The van der Waals surface area contributed by atoms with Gasteiger partial charge in [-0.1, -0.05) is 6.07 Å². The summed E-state index contributed by atoms with van der Waals surface area (Å²) in [6.45, 7) is 0. The normalized spacial score (nSPS) is 27.5. The number of methoxy groups -OCH3 is 1. The molecule has 3 rings (SSSR count). The summed E-state index contributed by atoms with van der Waals surface area (Å²) in [6, 6.07) is 6.97. The molecule has 86 valence electrons. The number of nitrogens with zero attached hydrogens (tertiary/aromatic N) is 1. The maximum atomic E-state index is 6.21. The van der Waals surface area contributed by atoms with E-state index in [1.807, 2.05) is 6.07 Å². The second kappa shape index (κ2) is 3.67. The van der Waals surface area contributed by atoms with Crippen LogP contribution in [0.5, 0.6) is 5.75 Å². The van der Waals surface area contributed by atoms with Gasteiger partial charge in [0.25, 0.3) is 0 Å². The van der Waals surface area contributed by atoms with Crippen molar-refractivity contribution in [1.82, 2.24) is 0 Å². The fourth-order valence-corrected chi connectivity index (χ4v) is 3.02. The van der Waals surface area contributed by atoms with Gasteiger partial charge < -0.3 is 15.4 Å². The minimum Gasteiger partial charge on any atom is -0.497 e. The zero-order valence-electron chi connectivity index (χ0n) is 9.65. The van der Waals surface area contributed by atoms with Crippen LogP contribution in [0.15, 0.2) is 18.2 Å². The number of rotatable bonds is 1. The fourth-order valence-electron chi connectivity index (χ4n) is 3.02. The predicted octanol–water partition coefficient (Wildman–Crippen LogP) is 1.90. The maximum absolute atomic E-state index is 6.21. The van der Waals surface area contributed by atoms with Crippen molar-refractivity contribution >= 4 is 5.69 Å². The Kier molecular flexibility index (Phi) is 2.28. The van der Waals surface area contributed by atoms with Crippen molar-refractivity contribution in [3.63, 3.8) is 0 Å². The molecule has 3 heteroatoms. The van der Waals surface area contributed by atoms with Gasteiger partial charge >= 0.3 is 0 Å². The third-order valence-electron chi connectivity index (χ3n) is 3.81. The van der Waals surface area contributed by atoms with E-state index in [-0.39, 0.29) is 6.17 Å². The zero-order valence-corrected chi connectivity index (χ0v) is 9.65. The molecule has 0 radical (unpaired) electrons. The molecule has 2 unspecified atom stereocenters. The summed E-state index contributed by atoms with van der Waals surface area (Å²) < 4.78 is 5.29. The minimum absolute atomic E-state index is 0.187. The predicted molar refractivity (Wildman–Crippen MR) is 64.8 cm³/mol. The highest BCUT2D eigenvalue weighted by atomic mass is 16.5. The molecule has 2 heterocycles. The topological polar surface area (TPSA) is 38.5 Å². The fraction of sp³-hybridized carbons (Fsp3) is 0.538. The molecule has 0 aliphatic carbocycles. The Morgan fingerprint density at radius 2 is 2.25 bits per heavy atom. The van der Waals surface area contributed by atoms with Crippen molar-refractivity contribution in [3.05, 3.63) is 23.8 Å². The average molecular weight is 218 g/mol. The second-order valence-corrected chi connectivity index (χ2v) is 4.76. The second-order valence-electron chi connectivity index (χ2n) is 4.76. The van der Waals surface area contributed by atoms with E-state index >= 15 is 0 Å². The van der Waals surface area contributed by atoms with E-state index in [1.165, 1.54) is 24.1 Å². The summed E-state index contributed by atoms with van der Waals surface area (Å²) in [5.41, 5.74) is 8.92. The van der Waals surface area contributed by atoms with Crippen molar-refractivity contribution < 1.29 is 4.74 Å². The van der Waals surface area contributed by atoms with Crippen LogP contribution in [-0.2, 0) is 6.42 Å². The molecule has 16 heavy (non-hydrogen) atoms. The van der Waals surface area contributed by atoms with Crippen molar-refractivity contribution in [2.75, 3.05) is 12.0 Å². The Hall–Kier alpha value is -1.22. The smallest absolute Gasteiger partial charge is 0.120 e. The van der Waals surface area contributed by atoms with E-state index in [4.69, 9.17) is 10.5 Å². The van der Waals surface area contributed by atoms with Crippen LogP contribution < -0.4 is 15.4 Å². The van der Waals surface area contributed by atoms with Crippen LogP contribution in [0.3, 0.4) is 0 Å². The number of piperidine rings is 1. The first-order chi connectivity index (χ1) is 7.79. The lowest BCUT2D eigenvalue weighted by Crippen LogP contribution is -2.49. The minimum atomic E-state index is 0.187. The van der Waals surface area contributed by atoms with Gasteiger partial charge in [-0.25, -0.2) is 0 Å². The first-order valence-corrected chi connectivity index (χ1v) is 6.00. The van der Waals surface area contributed by atoms with Gasteiger partial charge in [-0.15, -0.1) is 0 Å². The summed E-state index contributed by atoms with van der Waals surface area (Å²) in [4.78, 5) is 2.39. The summed E-state index contributed by atoms with van der Waals surface area (Å²) in [7, 11) is 1.71. The number of hydrogen-bond donors (Lipinski definition) is 1. The van der Waals surface area contributed by atoms with Gasteiger partial charge in [0, 0.05) is 17.8 Å². The van der Waals surface area contributed by atoms with E-state index in [2.05, 4.69) is 17.0 Å². The standard InChI is InChI=1S/C13H18N2O/c1-16-11-6-5-9-7-10-3-2-4-13(14)15(10)12(9)8-11/h5-6,8,10,13H,2-4,7,14H2,1H3. The molecule has 2 atom stereocenters. The number of hydrogen-bond acceptors (Lipinski definition) is 3. The lowest BCUT2D eigenvalue weighted by Gasteiger charge is -2.37. The molecule has 0 bridgehead atoms. The molecule has 2 aliphatic rings. The Morgan fingerprint density at radius 3 is 3.06 bits per heavy atom. The van der Waals surface area contributed by atoms with Crippen LogP contribution in [0.4, 0.5) is 5.69 Å². The van der Waals surface area contributed by atoms with Crippen LogP contribution >= 0.6 is 0 Å². The third kappa shape index (κ3) is 1.39. The average Bonchev–Trinajstić information content (AvgIpc) is 2.67. The van der Waals surface area contributed by atoms with Gasteiger partial charge in [-0.05, 0) is 37.3 Å². The van der Waals surface area contributed by atoms with Crippen LogP contribution in [0.1, 0.15) is 24.8 Å². The molecule has 3 nitrogen and oxygen atoms in total. The third-order valence-corrected chi connectivity index (χ3v) is 3.81. The summed E-state index contributed by atoms with van der Waals surface area (Å²) >= 11 is 0. The van der Waals surface area contributed by atoms with Crippen LogP contribution in [0.25, 0.3) is 0 Å². The van der Waals surface area contributed by atoms with Gasteiger partial charge in [-0.2, -0.15) is 0 Å². The molecule has 2 N–H and O–H groups in total. The van der Waals surface area contributed by atoms with Crippen LogP contribution in [0, 0.1) is 0 Å². The van der Waals surface area contributed by atoms with E-state index in [1.54, 1.807) is 7.11 Å². The molecule has 0 saturated carbocycles. The number of fused-ring (bicyclic) bond motifs is 3. The Morgan fingerprint density at radius 1 is 1.38 bits per heavy atom. The lowest BCUT2D eigenvalue weighted by molar-refractivity contribution is 0.399. The molecule has 1 aromatic rings. The quantitative estimate of drug-likeness (QED) is 0.782. The first-order valence-electron chi connectivity index (χ1n) is 6.00. The van der Waals surface area contributed by atoms with E-state index in [9.17, 15) is 0 Å². The molecule has 0 spiro atoms. The number of anilines is 1. The summed E-state index contributed by atoms with van der Waals surface area (Å²) in [5, 5.41) is 0. The number of ether oxygens (including phenoxy) is 1. The Balaban J connectivity index is 2.01. The van der Waals surface area contributed by atoms with Gasteiger partial charge in [0.1, 0.15) is 5.75 Å². The van der Waals surface area contributed by atoms with Crippen molar-refractivity contribution in [2.24, 2.45) is 5.73 Å². The summed E-state index contributed by atoms with van der Waals surface area (Å²) in [6.07, 6.45) is 4.96. The van der Waals surface area contributed by atoms with E-state index < -0.39 is 0 Å². The van der Waals surface area contributed by atoms with Crippen molar-refractivity contribution in [1.29, 1.82) is 0 Å². The van der Waals surface area contributed by atoms with Crippen molar-refractivity contribution in [2.45, 2.75) is 37.9 Å². The highest BCUT2D eigenvalue weighted by Gasteiger charge is 2.35. The largest absolute Gasteiger partial charge is 0.497 e. The molecular formula is C13H18N2O. The molecule has 2 aliphatic heterocycles. The highest BCUT2D eigenvalue weighted by molar-refractivity contribution is 5.63. The molecule has 1 aromatic carbocycles.